The number of benzene rings is 2. The van der Waals surface area contributed by atoms with Crippen molar-refractivity contribution in [3.8, 4) is 5.75 Å². The number of methoxy groups -OCH3 is 1. The van der Waals surface area contributed by atoms with E-state index >= 15 is 0 Å². The fraction of sp³-hybridized carbons (Fsp3) is 0.238. The zero-order valence-corrected chi connectivity index (χ0v) is 16.0. The SMILES string of the molecule is COc1cccc(C(=O)CSc2ncc(CO)n2CCc2ccccc2)c1. The highest BCUT2D eigenvalue weighted by Gasteiger charge is 2.13. The number of thioether (sulfide) groups is 1. The lowest BCUT2D eigenvalue weighted by atomic mass is 10.1. The van der Waals surface area contributed by atoms with Crippen LogP contribution in [0.15, 0.2) is 66.0 Å². The molecule has 0 amide bonds. The topological polar surface area (TPSA) is 64.3 Å². The Morgan fingerprint density at radius 1 is 1.19 bits per heavy atom. The lowest BCUT2D eigenvalue weighted by Gasteiger charge is -2.11. The number of hydrogen-bond donors (Lipinski definition) is 1. The van der Waals surface area contributed by atoms with Crippen molar-refractivity contribution >= 4 is 17.5 Å². The average Bonchev–Trinajstić information content (AvgIpc) is 3.13. The molecule has 1 aromatic heterocycles. The summed E-state index contributed by atoms with van der Waals surface area (Å²) in [7, 11) is 1.58. The van der Waals surface area contributed by atoms with Gasteiger partial charge >= 0.3 is 0 Å². The van der Waals surface area contributed by atoms with Crippen molar-refractivity contribution in [2.45, 2.75) is 24.7 Å². The molecule has 0 radical (unpaired) electrons. The summed E-state index contributed by atoms with van der Waals surface area (Å²) < 4.78 is 7.16. The molecule has 27 heavy (non-hydrogen) atoms. The van der Waals surface area contributed by atoms with Crippen LogP contribution in [-0.2, 0) is 19.6 Å². The molecular weight excluding hydrogens is 360 g/mol. The van der Waals surface area contributed by atoms with Gasteiger partial charge in [0, 0.05) is 12.1 Å². The average molecular weight is 382 g/mol. The lowest BCUT2D eigenvalue weighted by molar-refractivity contribution is 0.102. The molecule has 3 rings (SSSR count). The van der Waals surface area contributed by atoms with Gasteiger partial charge in [-0.25, -0.2) is 4.98 Å². The van der Waals surface area contributed by atoms with Gasteiger partial charge < -0.3 is 14.4 Å². The molecule has 0 aliphatic carbocycles. The Morgan fingerprint density at radius 2 is 2.00 bits per heavy atom. The smallest absolute Gasteiger partial charge is 0.173 e. The van der Waals surface area contributed by atoms with Crippen LogP contribution in [-0.4, -0.2) is 33.3 Å². The first-order chi connectivity index (χ1) is 13.2. The predicted molar refractivity (Wildman–Crippen MR) is 106 cm³/mol. The van der Waals surface area contributed by atoms with Crippen LogP contribution in [0.1, 0.15) is 21.6 Å². The number of nitrogens with zero attached hydrogens (tertiary/aromatic N) is 2. The molecule has 5 nitrogen and oxygen atoms in total. The van der Waals surface area contributed by atoms with Crippen LogP contribution in [0.4, 0.5) is 0 Å². The van der Waals surface area contributed by atoms with Crippen LogP contribution in [0.5, 0.6) is 5.75 Å². The maximum absolute atomic E-state index is 12.5. The largest absolute Gasteiger partial charge is 0.497 e. The van der Waals surface area contributed by atoms with E-state index in [1.807, 2.05) is 28.8 Å². The van der Waals surface area contributed by atoms with Gasteiger partial charge in [0.1, 0.15) is 5.75 Å². The van der Waals surface area contributed by atoms with Crippen LogP contribution in [0, 0.1) is 0 Å². The van der Waals surface area contributed by atoms with Crippen molar-refractivity contribution in [2.24, 2.45) is 0 Å². The number of aliphatic hydroxyl groups is 1. The highest BCUT2D eigenvalue weighted by Crippen LogP contribution is 2.22. The highest BCUT2D eigenvalue weighted by molar-refractivity contribution is 7.99. The first-order valence-electron chi connectivity index (χ1n) is 8.70. The molecule has 140 valence electrons. The molecule has 3 aromatic rings. The minimum Gasteiger partial charge on any atom is -0.497 e. The number of ketones is 1. The van der Waals surface area contributed by atoms with Crippen LogP contribution >= 0.6 is 11.8 Å². The standard InChI is InChI=1S/C21H22N2O3S/c1-26-19-9-5-8-17(12-19)20(25)15-27-21-22-13-18(14-24)23(21)11-10-16-6-3-2-4-7-16/h2-9,12-13,24H,10-11,14-15H2,1H3. The van der Waals surface area contributed by atoms with Gasteiger partial charge in [0.15, 0.2) is 10.9 Å². The lowest BCUT2D eigenvalue weighted by Crippen LogP contribution is -2.09. The highest BCUT2D eigenvalue weighted by atomic mass is 32.2. The van der Waals surface area contributed by atoms with Gasteiger partial charge in [-0.1, -0.05) is 54.2 Å². The monoisotopic (exact) mass is 382 g/mol. The number of Topliss-reactive ketones (excluding diaryl/α,β-unsaturated/α-hetero) is 1. The molecule has 0 aliphatic rings. The molecule has 1 N–H and O–H groups in total. The first-order valence-corrected chi connectivity index (χ1v) is 9.69. The number of carbonyl (C=O) groups excluding carboxylic acids is 1. The minimum absolute atomic E-state index is 0.0158. The van der Waals surface area contributed by atoms with Gasteiger partial charge in [0.25, 0.3) is 0 Å². The normalized spacial score (nSPS) is 10.7. The third-order valence-electron chi connectivity index (χ3n) is 4.25. The summed E-state index contributed by atoms with van der Waals surface area (Å²) in [5, 5.41) is 10.3. The molecule has 0 unspecified atom stereocenters. The van der Waals surface area contributed by atoms with Gasteiger partial charge in [-0.3, -0.25) is 4.79 Å². The van der Waals surface area contributed by atoms with E-state index in [9.17, 15) is 9.90 Å². The number of ether oxygens (including phenoxy) is 1. The summed E-state index contributed by atoms with van der Waals surface area (Å²) in [6.07, 6.45) is 2.50. The number of rotatable bonds is 9. The van der Waals surface area contributed by atoms with E-state index in [0.717, 1.165) is 17.3 Å². The van der Waals surface area contributed by atoms with E-state index in [1.165, 1.54) is 17.3 Å². The van der Waals surface area contributed by atoms with E-state index in [1.54, 1.807) is 31.5 Å². The Kier molecular flexibility index (Phi) is 6.68. The predicted octanol–water partition coefficient (Wildman–Crippen LogP) is 3.60. The molecule has 0 saturated heterocycles. The van der Waals surface area contributed by atoms with Gasteiger partial charge in [0.05, 0.1) is 31.4 Å². The summed E-state index contributed by atoms with van der Waals surface area (Å²) in [5.41, 5.74) is 2.59. The molecule has 2 aromatic carbocycles. The second-order valence-electron chi connectivity index (χ2n) is 6.02. The van der Waals surface area contributed by atoms with Gasteiger partial charge in [-0.15, -0.1) is 0 Å². The number of aliphatic hydroxyl groups excluding tert-OH is 1. The summed E-state index contributed by atoms with van der Waals surface area (Å²) in [6.45, 7) is 0.627. The Morgan fingerprint density at radius 3 is 2.74 bits per heavy atom. The molecule has 0 bridgehead atoms. The fourth-order valence-corrected chi connectivity index (χ4v) is 3.69. The van der Waals surface area contributed by atoms with E-state index < -0.39 is 0 Å². The zero-order valence-electron chi connectivity index (χ0n) is 15.2. The van der Waals surface area contributed by atoms with Gasteiger partial charge in [0.2, 0.25) is 0 Å². The second-order valence-corrected chi connectivity index (χ2v) is 6.96. The van der Waals surface area contributed by atoms with Crippen molar-refractivity contribution < 1.29 is 14.6 Å². The summed E-state index contributed by atoms with van der Waals surface area (Å²) in [6, 6.07) is 17.3. The van der Waals surface area contributed by atoms with E-state index in [2.05, 4.69) is 17.1 Å². The van der Waals surface area contributed by atoms with Gasteiger partial charge in [-0.2, -0.15) is 0 Å². The molecular formula is C21H22N2O3S. The molecule has 0 spiro atoms. The Bertz CT molecular complexity index is 893. The number of carbonyl (C=O) groups is 1. The maximum atomic E-state index is 12.5. The van der Waals surface area contributed by atoms with E-state index in [0.29, 0.717) is 17.9 Å². The third kappa shape index (κ3) is 4.99. The quantitative estimate of drug-likeness (QED) is 0.452. The van der Waals surface area contributed by atoms with E-state index in [-0.39, 0.29) is 18.1 Å². The van der Waals surface area contributed by atoms with E-state index in [4.69, 9.17) is 4.74 Å². The van der Waals surface area contributed by atoms with Crippen LogP contribution < -0.4 is 4.74 Å². The van der Waals surface area contributed by atoms with Gasteiger partial charge in [-0.05, 0) is 24.1 Å². The maximum Gasteiger partial charge on any atom is 0.173 e. The molecule has 0 saturated carbocycles. The van der Waals surface area contributed by atoms with Crippen LogP contribution in [0.25, 0.3) is 0 Å². The molecule has 0 fully saturated rings. The number of hydrogen-bond acceptors (Lipinski definition) is 5. The molecule has 1 heterocycles. The summed E-state index contributed by atoms with van der Waals surface area (Å²) in [4.78, 5) is 16.9. The summed E-state index contributed by atoms with van der Waals surface area (Å²) >= 11 is 1.39. The van der Waals surface area contributed by atoms with Crippen LogP contribution in [0.3, 0.4) is 0 Å². The minimum atomic E-state index is -0.0772. The number of imidazole rings is 1. The third-order valence-corrected chi connectivity index (χ3v) is 5.25. The van der Waals surface area contributed by atoms with Crippen LogP contribution in [0.2, 0.25) is 0 Å². The Balaban J connectivity index is 1.67. The molecule has 0 aliphatic heterocycles. The second kappa shape index (κ2) is 9.39. The number of aryl methyl sites for hydroxylation is 1. The first kappa shape index (κ1) is 19.2. The number of aromatic nitrogens is 2. The van der Waals surface area contributed by atoms with Crippen molar-refractivity contribution in [3.63, 3.8) is 0 Å². The Hall–Kier alpha value is -2.57. The Labute approximate surface area is 163 Å². The fourth-order valence-electron chi connectivity index (χ4n) is 2.77. The van der Waals surface area contributed by atoms with Crippen molar-refractivity contribution in [1.82, 2.24) is 9.55 Å². The summed E-state index contributed by atoms with van der Waals surface area (Å²) in [5.74, 6) is 0.959. The molecule has 6 heteroatoms. The van der Waals surface area contributed by atoms with Crippen molar-refractivity contribution in [1.29, 1.82) is 0 Å². The van der Waals surface area contributed by atoms with Crippen molar-refractivity contribution in [3.05, 3.63) is 77.6 Å². The zero-order chi connectivity index (χ0) is 19.1. The molecule has 0 atom stereocenters. The van der Waals surface area contributed by atoms with Crippen molar-refractivity contribution in [2.75, 3.05) is 12.9 Å².